The van der Waals surface area contributed by atoms with Crippen molar-refractivity contribution in [1.82, 2.24) is 0 Å². The van der Waals surface area contributed by atoms with Crippen LogP contribution in [0.2, 0.25) is 0 Å². The average molecular weight is 335 g/mol. The number of nitro benzene ring substituents is 2. The van der Waals surface area contributed by atoms with Crippen molar-refractivity contribution in [2.24, 2.45) is 0 Å². The zero-order chi connectivity index (χ0) is 17.8. The number of halogens is 3. The Balaban J connectivity index is 3.52. The molecule has 0 saturated carbocycles. The van der Waals surface area contributed by atoms with Gasteiger partial charge in [-0.1, -0.05) is 20.3 Å². The van der Waals surface area contributed by atoms with Crippen LogP contribution in [0.3, 0.4) is 0 Å². The molecule has 0 aliphatic carbocycles. The highest BCUT2D eigenvalue weighted by Crippen LogP contribution is 2.41. The van der Waals surface area contributed by atoms with Crippen LogP contribution < -0.4 is 5.32 Å². The minimum absolute atomic E-state index is 0.311. The van der Waals surface area contributed by atoms with E-state index in [4.69, 9.17) is 0 Å². The SMILES string of the molecule is CCCC(CC)Nc1c([N+](=O)[O-])cc(C(F)(F)F)cc1[N+](=O)[O-]. The number of nitrogens with zero attached hydrogens (tertiary/aromatic N) is 2. The zero-order valence-electron chi connectivity index (χ0n) is 12.5. The van der Waals surface area contributed by atoms with E-state index in [1.54, 1.807) is 6.92 Å². The Bertz CT molecular complexity index is 570. The lowest BCUT2D eigenvalue weighted by molar-refractivity contribution is -0.392. The van der Waals surface area contributed by atoms with Crippen molar-refractivity contribution in [3.05, 3.63) is 37.9 Å². The minimum atomic E-state index is -4.92. The molecule has 0 aliphatic heterocycles. The fourth-order valence-electron chi connectivity index (χ4n) is 2.14. The second-order valence-electron chi connectivity index (χ2n) is 4.94. The van der Waals surface area contributed by atoms with Crippen LogP contribution in [-0.2, 0) is 6.18 Å². The van der Waals surface area contributed by atoms with Crippen LogP contribution in [0.15, 0.2) is 12.1 Å². The summed E-state index contributed by atoms with van der Waals surface area (Å²) >= 11 is 0. The molecule has 1 unspecified atom stereocenters. The number of nitro groups is 2. The van der Waals surface area contributed by atoms with Crippen molar-refractivity contribution < 1.29 is 23.0 Å². The molecular formula is C13H16F3N3O4. The normalized spacial score (nSPS) is 12.7. The highest BCUT2D eigenvalue weighted by molar-refractivity contribution is 5.75. The number of benzene rings is 1. The lowest BCUT2D eigenvalue weighted by Gasteiger charge is -2.18. The van der Waals surface area contributed by atoms with Gasteiger partial charge in [-0.15, -0.1) is 0 Å². The number of hydrogen-bond acceptors (Lipinski definition) is 5. The molecule has 23 heavy (non-hydrogen) atoms. The maximum absolute atomic E-state index is 12.8. The van der Waals surface area contributed by atoms with Gasteiger partial charge in [0.2, 0.25) is 0 Å². The Labute approximate surface area is 129 Å². The van der Waals surface area contributed by atoms with Crippen LogP contribution >= 0.6 is 0 Å². The van der Waals surface area contributed by atoms with E-state index in [1.807, 2.05) is 6.92 Å². The van der Waals surface area contributed by atoms with Crippen molar-refractivity contribution in [2.45, 2.75) is 45.3 Å². The summed E-state index contributed by atoms with van der Waals surface area (Å²) in [4.78, 5) is 20.1. The predicted molar refractivity (Wildman–Crippen MR) is 77.4 cm³/mol. The van der Waals surface area contributed by atoms with E-state index in [9.17, 15) is 33.4 Å². The first kappa shape index (κ1) is 18.7. The van der Waals surface area contributed by atoms with Crippen molar-refractivity contribution in [1.29, 1.82) is 0 Å². The molecule has 0 aliphatic rings. The molecule has 0 amide bonds. The van der Waals surface area contributed by atoms with Gasteiger partial charge in [-0.25, -0.2) is 0 Å². The van der Waals surface area contributed by atoms with Crippen LogP contribution in [0, 0.1) is 20.2 Å². The number of anilines is 1. The van der Waals surface area contributed by atoms with Gasteiger partial charge in [-0.05, 0) is 12.8 Å². The molecule has 0 fully saturated rings. The van der Waals surface area contributed by atoms with Gasteiger partial charge in [0, 0.05) is 18.2 Å². The second kappa shape index (κ2) is 7.25. The van der Waals surface area contributed by atoms with Crippen molar-refractivity contribution in [3.8, 4) is 0 Å². The fourth-order valence-corrected chi connectivity index (χ4v) is 2.14. The van der Waals surface area contributed by atoms with Gasteiger partial charge in [0.15, 0.2) is 5.69 Å². The summed E-state index contributed by atoms with van der Waals surface area (Å²) in [5.74, 6) is 0. The van der Waals surface area contributed by atoms with Crippen LogP contribution in [0.1, 0.15) is 38.7 Å². The number of hydrogen-bond donors (Lipinski definition) is 1. The Morgan fingerprint density at radius 3 is 1.91 bits per heavy atom. The molecule has 1 N–H and O–H groups in total. The molecule has 1 aromatic rings. The highest BCUT2D eigenvalue weighted by atomic mass is 19.4. The highest BCUT2D eigenvalue weighted by Gasteiger charge is 2.38. The number of alkyl halides is 3. The van der Waals surface area contributed by atoms with E-state index in [0.29, 0.717) is 31.4 Å². The zero-order valence-corrected chi connectivity index (χ0v) is 12.5. The molecule has 10 heteroatoms. The first-order valence-corrected chi connectivity index (χ1v) is 6.92. The molecule has 1 rings (SSSR count). The summed E-state index contributed by atoms with van der Waals surface area (Å²) in [6.07, 6.45) is -3.11. The smallest absolute Gasteiger partial charge is 0.371 e. The molecule has 0 radical (unpaired) electrons. The van der Waals surface area contributed by atoms with Gasteiger partial charge in [-0.2, -0.15) is 13.2 Å². The summed E-state index contributed by atoms with van der Waals surface area (Å²) in [6.45, 7) is 3.63. The monoisotopic (exact) mass is 335 g/mol. The fraction of sp³-hybridized carbons (Fsp3) is 0.538. The Kier molecular flexibility index (Phi) is 5.88. The Morgan fingerprint density at radius 1 is 1.13 bits per heavy atom. The summed E-state index contributed by atoms with van der Waals surface area (Å²) in [6, 6.07) is 0.316. The largest absolute Gasteiger partial charge is 0.416 e. The third-order valence-electron chi connectivity index (χ3n) is 3.30. The summed E-state index contributed by atoms with van der Waals surface area (Å²) < 4.78 is 38.4. The van der Waals surface area contributed by atoms with E-state index in [1.165, 1.54) is 0 Å². The first-order chi connectivity index (χ1) is 10.6. The molecular weight excluding hydrogens is 319 g/mol. The van der Waals surface area contributed by atoms with Gasteiger partial charge in [0.1, 0.15) is 0 Å². The molecule has 1 aromatic carbocycles. The van der Waals surface area contributed by atoms with Gasteiger partial charge in [-0.3, -0.25) is 20.2 Å². The van der Waals surface area contributed by atoms with Gasteiger partial charge >= 0.3 is 6.18 Å². The van der Waals surface area contributed by atoms with E-state index in [-0.39, 0.29) is 6.04 Å². The molecule has 128 valence electrons. The molecule has 0 aromatic heterocycles. The maximum atomic E-state index is 12.8. The van der Waals surface area contributed by atoms with Crippen LogP contribution in [0.25, 0.3) is 0 Å². The van der Waals surface area contributed by atoms with Gasteiger partial charge in [0.25, 0.3) is 11.4 Å². The molecule has 1 atom stereocenters. The number of rotatable bonds is 7. The first-order valence-electron chi connectivity index (χ1n) is 6.92. The third-order valence-corrected chi connectivity index (χ3v) is 3.30. The van der Waals surface area contributed by atoms with Crippen LogP contribution in [0.5, 0.6) is 0 Å². The Hall–Kier alpha value is -2.39. The average Bonchev–Trinajstić information content (AvgIpc) is 2.44. The van der Waals surface area contributed by atoms with Crippen molar-refractivity contribution in [3.63, 3.8) is 0 Å². The predicted octanol–water partition coefficient (Wildman–Crippen LogP) is 4.51. The Morgan fingerprint density at radius 2 is 1.61 bits per heavy atom. The van der Waals surface area contributed by atoms with E-state index < -0.39 is 38.6 Å². The summed E-state index contributed by atoms with van der Waals surface area (Å²) in [5, 5.41) is 24.8. The molecule has 0 bridgehead atoms. The molecule has 0 saturated heterocycles. The standard InChI is InChI=1S/C13H16F3N3O4/c1-3-5-9(4-2)17-12-10(18(20)21)6-8(13(14,15)16)7-11(12)19(22)23/h6-7,9,17H,3-5H2,1-2H3. The van der Waals surface area contributed by atoms with E-state index in [0.717, 1.165) is 0 Å². The van der Waals surface area contributed by atoms with Crippen LogP contribution in [-0.4, -0.2) is 15.9 Å². The maximum Gasteiger partial charge on any atom is 0.416 e. The quantitative estimate of drug-likeness (QED) is 0.584. The van der Waals surface area contributed by atoms with Crippen molar-refractivity contribution >= 4 is 17.1 Å². The summed E-state index contributed by atoms with van der Waals surface area (Å²) in [7, 11) is 0. The van der Waals surface area contributed by atoms with E-state index in [2.05, 4.69) is 5.32 Å². The van der Waals surface area contributed by atoms with E-state index >= 15 is 0 Å². The minimum Gasteiger partial charge on any atom is -0.371 e. The third kappa shape index (κ3) is 4.54. The van der Waals surface area contributed by atoms with Crippen LogP contribution in [0.4, 0.5) is 30.2 Å². The second-order valence-corrected chi connectivity index (χ2v) is 4.94. The van der Waals surface area contributed by atoms with Gasteiger partial charge < -0.3 is 5.32 Å². The number of nitrogens with one attached hydrogen (secondary N) is 1. The van der Waals surface area contributed by atoms with Gasteiger partial charge in [0.05, 0.1) is 15.4 Å². The molecule has 0 spiro atoms. The lowest BCUT2D eigenvalue weighted by atomic mass is 10.1. The molecule has 0 heterocycles. The summed E-state index contributed by atoms with van der Waals surface area (Å²) in [5.41, 5.74) is -3.83. The molecule has 7 nitrogen and oxygen atoms in total. The lowest BCUT2D eigenvalue weighted by Crippen LogP contribution is -2.20. The van der Waals surface area contributed by atoms with Crippen molar-refractivity contribution in [2.75, 3.05) is 5.32 Å². The topological polar surface area (TPSA) is 98.3 Å².